The summed E-state index contributed by atoms with van der Waals surface area (Å²) in [6, 6.07) is 20.9. The van der Waals surface area contributed by atoms with Gasteiger partial charge in [-0.05, 0) is 63.4 Å². The molecule has 39 heavy (non-hydrogen) atoms. The highest BCUT2D eigenvalue weighted by molar-refractivity contribution is 7.43. The third-order valence-electron chi connectivity index (χ3n) is 6.96. The van der Waals surface area contributed by atoms with Crippen molar-refractivity contribution >= 4 is 24.8 Å². The normalized spacial score (nSPS) is 14.9. The topological polar surface area (TPSA) is 96.7 Å². The van der Waals surface area contributed by atoms with Crippen LogP contribution in [0.5, 0.6) is 0 Å². The minimum atomic E-state index is -3.09. The average molecular weight is 545 g/mol. The molecule has 6 nitrogen and oxygen atoms in total. The van der Waals surface area contributed by atoms with Gasteiger partial charge in [0.1, 0.15) is 5.82 Å². The summed E-state index contributed by atoms with van der Waals surface area (Å²) >= 11 is 0. The number of terminal acetylenes is 1. The molecule has 0 saturated carbocycles. The molecule has 8 heteroatoms. The number of carboxylic acid groups (broad SMARTS) is 1. The number of halogens is 1. The molecule has 0 spiro atoms. The Balaban J connectivity index is 2.17. The van der Waals surface area contributed by atoms with E-state index in [0.29, 0.717) is 22.5 Å². The van der Waals surface area contributed by atoms with Crippen LogP contribution in [0.3, 0.4) is 0 Å². The highest BCUT2D eigenvalue weighted by Gasteiger charge is 2.71. The predicted octanol–water partition coefficient (Wildman–Crippen LogP) is 6.88. The van der Waals surface area contributed by atoms with E-state index in [2.05, 4.69) is 5.92 Å². The van der Waals surface area contributed by atoms with Crippen molar-refractivity contribution in [2.45, 2.75) is 37.4 Å². The Labute approximate surface area is 227 Å². The largest absolute Gasteiger partial charge is 0.543 e. The molecular formula is C31H28FNO5P+. The van der Waals surface area contributed by atoms with Gasteiger partial charge in [0.25, 0.3) is 0 Å². The third-order valence-corrected chi connectivity index (χ3v) is 8.60. The van der Waals surface area contributed by atoms with Crippen molar-refractivity contribution in [2.24, 2.45) is 0 Å². The van der Waals surface area contributed by atoms with Gasteiger partial charge in [0.2, 0.25) is 0 Å². The molecule has 4 rings (SSSR count). The smallest absolute Gasteiger partial charge is 0.477 e. The first-order valence-electron chi connectivity index (χ1n) is 12.2. The van der Waals surface area contributed by atoms with E-state index in [-0.39, 0.29) is 11.5 Å². The highest BCUT2D eigenvalue weighted by atomic mass is 31.1. The predicted molar refractivity (Wildman–Crippen MR) is 150 cm³/mol. The standard InChI is InChI=1S/C31H27FNO5P/c1-6-31(29(34)35,39(37)38-5)30(4,36)27-25(21-14-16-22(32)17-15-21)18-26(33-28(27)19(2)3)24-13-9-11-20-10-7-8-12-23(20)24/h1,7-19,36H,2-5H3/p+1. The lowest BCUT2D eigenvalue weighted by atomic mass is 9.76. The molecule has 1 aromatic heterocycles. The second kappa shape index (κ2) is 10.7. The van der Waals surface area contributed by atoms with Gasteiger partial charge in [0, 0.05) is 11.1 Å². The SMILES string of the molecule is C#CC(C(=O)O)([P+](=O)OC)C(C)(O)c1c(-c2ccc(F)cc2)cc(-c2cccc3ccccc23)nc1C(C)C. The van der Waals surface area contributed by atoms with Crippen molar-refractivity contribution in [3.8, 4) is 34.7 Å². The summed E-state index contributed by atoms with van der Waals surface area (Å²) in [6.07, 6.45) is 5.70. The van der Waals surface area contributed by atoms with Crippen molar-refractivity contribution < 1.29 is 28.5 Å². The van der Waals surface area contributed by atoms with E-state index in [9.17, 15) is 24.0 Å². The number of rotatable bonds is 8. The number of carbonyl (C=O) groups is 1. The molecule has 0 bridgehead atoms. The van der Waals surface area contributed by atoms with Crippen LogP contribution in [0.1, 0.15) is 37.9 Å². The van der Waals surface area contributed by atoms with E-state index in [1.54, 1.807) is 6.07 Å². The molecule has 0 aliphatic heterocycles. The molecule has 3 atom stereocenters. The number of pyridine rings is 1. The number of fused-ring (bicyclic) bond motifs is 1. The molecule has 0 fully saturated rings. The number of carboxylic acids is 1. The fraction of sp³-hybridized carbons (Fsp3) is 0.226. The lowest BCUT2D eigenvalue weighted by molar-refractivity contribution is -0.145. The first-order valence-corrected chi connectivity index (χ1v) is 13.4. The van der Waals surface area contributed by atoms with E-state index in [1.807, 2.05) is 56.3 Å². The molecule has 198 valence electrons. The second-order valence-corrected chi connectivity index (χ2v) is 11.2. The van der Waals surface area contributed by atoms with Gasteiger partial charge < -0.3 is 10.2 Å². The fourth-order valence-electron chi connectivity index (χ4n) is 4.97. The number of aliphatic hydroxyl groups is 1. The molecule has 1 heterocycles. The maximum absolute atomic E-state index is 13.9. The summed E-state index contributed by atoms with van der Waals surface area (Å²) in [5.74, 6) is -0.397. The molecule has 0 aliphatic carbocycles. The minimum absolute atomic E-state index is 0.0776. The van der Waals surface area contributed by atoms with Gasteiger partial charge in [0.15, 0.2) is 5.60 Å². The molecule has 3 unspecified atom stereocenters. The molecule has 4 aromatic rings. The summed E-state index contributed by atoms with van der Waals surface area (Å²) in [7, 11) is -2.03. The second-order valence-electron chi connectivity index (χ2n) is 9.68. The molecule has 0 radical (unpaired) electrons. The summed E-state index contributed by atoms with van der Waals surface area (Å²) in [5, 5.41) is 21.7. The van der Waals surface area contributed by atoms with Crippen LogP contribution < -0.4 is 0 Å². The molecular weight excluding hydrogens is 516 g/mol. The number of benzene rings is 3. The zero-order chi connectivity index (χ0) is 28.5. The van der Waals surface area contributed by atoms with Gasteiger partial charge in [-0.3, -0.25) is 4.98 Å². The van der Waals surface area contributed by atoms with Crippen molar-refractivity contribution in [3.05, 3.63) is 89.9 Å². The number of aliphatic carboxylic acids is 1. The highest BCUT2D eigenvalue weighted by Crippen LogP contribution is 2.54. The van der Waals surface area contributed by atoms with Crippen molar-refractivity contribution in [2.75, 3.05) is 7.11 Å². The van der Waals surface area contributed by atoms with E-state index >= 15 is 0 Å². The van der Waals surface area contributed by atoms with Crippen LogP contribution >= 0.6 is 8.03 Å². The first-order chi connectivity index (χ1) is 18.5. The lowest BCUT2D eigenvalue weighted by Gasteiger charge is -2.34. The number of hydrogen-bond donors (Lipinski definition) is 2. The molecule has 2 N–H and O–H groups in total. The molecule has 0 saturated heterocycles. The monoisotopic (exact) mass is 544 g/mol. The summed E-state index contributed by atoms with van der Waals surface area (Å²) in [4.78, 5) is 17.6. The number of hydrogen-bond acceptors (Lipinski definition) is 5. The number of nitrogens with zero attached hydrogens (tertiary/aromatic N) is 1. The van der Waals surface area contributed by atoms with Gasteiger partial charge in [0.05, 0.1) is 18.5 Å². The Morgan fingerprint density at radius 3 is 2.31 bits per heavy atom. The first kappa shape index (κ1) is 28.1. The third kappa shape index (κ3) is 4.62. The molecule has 0 amide bonds. The Kier molecular flexibility index (Phi) is 7.68. The maximum atomic E-state index is 13.9. The van der Waals surface area contributed by atoms with Gasteiger partial charge in [-0.15, -0.1) is 10.9 Å². The Hall–Kier alpha value is -3.95. The van der Waals surface area contributed by atoms with Gasteiger partial charge in [-0.25, -0.2) is 9.18 Å². The Morgan fingerprint density at radius 2 is 1.72 bits per heavy atom. The lowest BCUT2D eigenvalue weighted by Crippen LogP contribution is -2.53. The number of aromatic nitrogens is 1. The van der Waals surface area contributed by atoms with Gasteiger partial charge >= 0.3 is 19.2 Å². The van der Waals surface area contributed by atoms with Crippen LogP contribution in [0.4, 0.5) is 4.39 Å². The molecule has 0 aliphatic rings. The van der Waals surface area contributed by atoms with E-state index in [4.69, 9.17) is 15.9 Å². The zero-order valence-corrected chi connectivity index (χ0v) is 22.9. The Bertz CT molecular complexity index is 1620. The summed E-state index contributed by atoms with van der Waals surface area (Å²) in [5.41, 5.74) is 0.244. The quantitative estimate of drug-likeness (QED) is 0.185. The van der Waals surface area contributed by atoms with Gasteiger partial charge in [-0.2, -0.15) is 0 Å². The van der Waals surface area contributed by atoms with Crippen LogP contribution in [-0.2, 0) is 19.5 Å². The summed E-state index contributed by atoms with van der Waals surface area (Å²) in [6.45, 7) is 4.90. The average Bonchev–Trinajstić information content (AvgIpc) is 2.92. The van der Waals surface area contributed by atoms with E-state index in [1.165, 1.54) is 31.2 Å². The van der Waals surface area contributed by atoms with Crippen LogP contribution in [0.25, 0.3) is 33.2 Å². The maximum Gasteiger partial charge on any atom is 0.543 e. The van der Waals surface area contributed by atoms with Crippen molar-refractivity contribution in [1.29, 1.82) is 0 Å². The van der Waals surface area contributed by atoms with Crippen LogP contribution in [0.2, 0.25) is 0 Å². The van der Waals surface area contributed by atoms with Crippen LogP contribution in [0, 0.1) is 18.2 Å². The Morgan fingerprint density at radius 1 is 1.08 bits per heavy atom. The van der Waals surface area contributed by atoms with Crippen LogP contribution in [-0.4, -0.2) is 33.4 Å². The minimum Gasteiger partial charge on any atom is -0.477 e. The van der Waals surface area contributed by atoms with E-state index < -0.39 is 30.6 Å². The van der Waals surface area contributed by atoms with Crippen LogP contribution in [0.15, 0.2) is 72.8 Å². The van der Waals surface area contributed by atoms with E-state index in [0.717, 1.165) is 23.4 Å². The van der Waals surface area contributed by atoms with Crippen molar-refractivity contribution in [1.82, 2.24) is 4.98 Å². The zero-order valence-electron chi connectivity index (χ0n) is 22.0. The molecule has 3 aromatic carbocycles. The summed E-state index contributed by atoms with van der Waals surface area (Å²) < 4.78 is 32.0. The fourth-order valence-corrected chi connectivity index (χ4v) is 5.98. The van der Waals surface area contributed by atoms with Gasteiger partial charge in [-0.1, -0.05) is 68.4 Å². The van der Waals surface area contributed by atoms with Crippen molar-refractivity contribution in [3.63, 3.8) is 0 Å².